The van der Waals surface area contributed by atoms with Crippen LogP contribution in [0.25, 0.3) is 11.3 Å². The zero-order valence-electron chi connectivity index (χ0n) is 15.9. The Morgan fingerprint density at radius 2 is 1.93 bits per heavy atom. The average Bonchev–Trinajstić information content (AvgIpc) is 2.72. The molecule has 3 aromatic rings. The van der Waals surface area contributed by atoms with Gasteiger partial charge in [-0.25, -0.2) is 9.67 Å². The molecule has 29 heavy (non-hydrogen) atoms. The maximum absolute atomic E-state index is 12.3. The van der Waals surface area contributed by atoms with Crippen LogP contribution in [-0.4, -0.2) is 38.4 Å². The summed E-state index contributed by atoms with van der Waals surface area (Å²) in [5.74, 6) is 0.390. The first-order valence-corrected chi connectivity index (χ1v) is 9.15. The number of rotatable bonds is 8. The third-order valence-corrected chi connectivity index (χ3v) is 4.09. The van der Waals surface area contributed by atoms with E-state index in [-0.39, 0.29) is 36.7 Å². The van der Waals surface area contributed by atoms with Crippen molar-refractivity contribution >= 4 is 5.91 Å². The second kappa shape index (κ2) is 9.45. The first-order valence-electron chi connectivity index (χ1n) is 9.15. The normalized spacial score (nSPS) is 10.5. The molecule has 9 nitrogen and oxygen atoms in total. The lowest BCUT2D eigenvalue weighted by atomic mass is 10.1. The van der Waals surface area contributed by atoms with Crippen LogP contribution in [0.1, 0.15) is 6.92 Å². The Morgan fingerprint density at radius 1 is 1.14 bits per heavy atom. The quantitative estimate of drug-likeness (QED) is 0.601. The van der Waals surface area contributed by atoms with Crippen molar-refractivity contribution in [2.75, 3.05) is 13.2 Å². The zero-order valence-corrected chi connectivity index (χ0v) is 15.9. The van der Waals surface area contributed by atoms with Crippen molar-refractivity contribution in [1.82, 2.24) is 24.6 Å². The van der Waals surface area contributed by atoms with Crippen LogP contribution in [-0.2, 0) is 17.9 Å². The fourth-order valence-electron chi connectivity index (χ4n) is 2.66. The highest BCUT2D eigenvalue weighted by atomic mass is 16.5. The summed E-state index contributed by atoms with van der Waals surface area (Å²) in [6, 6.07) is 11.6. The molecule has 9 heteroatoms. The molecule has 1 amide bonds. The van der Waals surface area contributed by atoms with Crippen molar-refractivity contribution in [3.05, 3.63) is 75.7 Å². The van der Waals surface area contributed by atoms with Crippen LogP contribution in [0, 0.1) is 0 Å². The van der Waals surface area contributed by atoms with Crippen LogP contribution < -0.4 is 21.2 Å². The van der Waals surface area contributed by atoms with Gasteiger partial charge in [-0.15, -0.1) is 0 Å². The lowest BCUT2D eigenvalue weighted by Gasteiger charge is -2.09. The Labute approximate surface area is 166 Å². The van der Waals surface area contributed by atoms with Gasteiger partial charge in [0.05, 0.1) is 25.2 Å². The maximum Gasteiger partial charge on any atom is 0.266 e. The molecular formula is C20H21N5O4. The van der Waals surface area contributed by atoms with E-state index in [9.17, 15) is 14.4 Å². The van der Waals surface area contributed by atoms with Crippen molar-refractivity contribution in [2.24, 2.45) is 0 Å². The van der Waals surface area contributed by atoms with E-state index in [1.54, 1.807) is 6.07 Å². The monoisotopic (exact) mass is 395 g/mol. The van der Waals surface area contributed by atoms with Gasteiger partial charge in [-0.05, 0) is 37.3 Å². The highest BCUT2D eigenvalue weighted by Gasteiger charge is 2.07. The minimum absolute atomic E-state index is 0.160. The predicted octanol–water partition coefficient (Wildman–Crippen LogP) is 0.682. The Bertz CT molecular complexity index is 1090. The van der Waals surface area contributed by atoms with E-state index in [2.05, 4.69) is 15.4 Å². The summed E-state index contributed by atoms with van der Waals surface area (Å²) in [5, 5.41) is 6.57. The summed E-state index contributed by atoms with van der Waals surface area (Å²) >= 11 is 0. The van der Waals surface area contributed by atoms with E-state index in [1.807, 2.05) is 31.2 Å². The van der Waals surface area contributed by atoms with E-state index in [0.717, 1.165) is 11.3 Å². The van der Waals surface area contributed by atoms with Gasteiger partial charge >= 0.3 is 0 Å². The molecular weight excluding hydrogens is 374 g/mol. The van der Waals surface area contributed by atoms with Crippen molar-refractivity contribution in [1.29, 1.82) is 0 Å². The number of ether oxygens (including phenoxy) is 1. The van der Waals surface area contributed by atoms with Crippen LogP contribution in [0.2, 0.25) is 0 Å². The molecule has 2 heterocycles. The molecule has 0 fully saturated rings. The van der Waals surface area contributed by atoms with Crippen molar-refractivity contribution in [3.8, 4) is 17.0 Å². The van der Waals surface area contributed by atoms with Gasteiger partial charge in [0.1, 0.15) is 12.3 Å². The Hall–Kier alpha value is -3.75. The average molecular weight is 395 g/mol. The molecule has 0 saturated heterocycles. The highest BCUT2D eigenvalue weighted by Crippen LogP contribution is 2.19. The summed E-state index contributed by atoms with van der Waals surface area (Å²) in [7, 11) is 0. The van der Waals surface area contributed by atoms with Crippen LogP contribution >= 0.6 is 0 Å². The summed E-state index contributed by atoms with van der Waals surface area (Å²) in [4.78, 5) is 40.2. The third-order valence-electron chi connectivity index (χ3n) is 4.09. The smallest absolute Gasteiger partial charge is 0.266 e. The van der Waals surface area contributed by atoms with Crippen LogP contribution in [0.3, 0.4) is 0 Å². The lowest BCUT2D eigenvalue weighted by Crippen LogP contribution is -2.35. The molecule has 1 N–H and O–H groups in total. The van der Waals surface area contributed by atoms with Crippen LogP contribution in [0.15, 0.2) is 64.6 Å². The summed E-state index contributed by atoms with van der Waals surface area (Å²) in [6.07, 6.45) is 2.84. The number of hydrogen-bond acceptors (Lipinski definition) is 6. The van der Waals surface area contributed by atoms with Crippen molar-refractivity contribution < 1.29 is 9.53 Å². The topological polar surface area (TPSA) is 108 Å². The van der Waals surface area contributed by atoms with Gasteiger partial charge in [0.25, 0.3) is 11.1 Å². The van der Waals surface area contributed by atoms with Crippen molar-refractivity contribution in [3.63, 3.8) is 0 Å². The number of benzene rings is 1. The number of carbonyl (C=O) groups excluding carboxylic acids is 1. The molecule has 0 aliphatic rings. The molecule has 0 aliphatic heterocycles. The molecule has 0 aliphatic carbocycles. The molecule has 0 atom stereocenters. The second-order valence-corrected chi connectivity index (χ2v) is 6.13. The number of aromatic nitrogens is 4. The number of nitrogens with zero attached hydrogens (tertiary/aromatic N) is 4. The molecule has 0 spiro atoms. The molecule has 150 valence electrons. The summed E-state index contributed by atoms with van der Waals surface area (Å²) in [5.41, 5.74) is 0.721. The molecule has 3 rings (SSSR count). The number of nitrogens with one attached hydrogen (secondary N) is 1. The first kappa shape index (κ1) is 20.0. The summed E-state index contributed by atoms with van der Waals surface area (Å²) in [6.45, 7) is 2.79. The predicted molar refractivity (Wildman–Crippen MR) is 107 cm³/mol. The Balaban J connectivity index is 1.58. The van der Waals surface area contributed by atoms with Gasteiger partial charge < -0.3 is 10.1 Å². The maximum atomic E-state index is 12.3. The minimum atomic E-state index is -0.355. The second-order valence-electron chi connectivity index (χ2n) is 6.13. The third kappa shape index (κ3) is 5.38. The Morgan fingerprint density at radius 3 is 2.62 bits per heavy atom. The minimum Gasteiger partial charge on any atom is -0.494 e. The molecule has 0 unspecified atom stereocenters. The molecule has 0 saturated carbocycles. The fraction of sp³-hybridized carbons (Fsp3) is 0.250. The van der Waals surface area contributed by atoms with Gasteiger partial charge in [0, 0.05) is 30.4 Å². The number of carbonyl (C=O) groups is 1. The first-order chi connectivity index (χ1) is 14.1. The largest absolute Gasteiger partial charge is 0.494 e. The molecule has 2 aromatic heterocycles. The van der Waals surface area contributed by atoms with Crippen LogP contribution in [0.4, 0.5) is 0 Å². The molecule has 0 radical (unpaired) electrons. The van der Waals surface area contributed by atoms with E-state index in [0.29, 0.717) is 12.3 Å². The number of hydrogen-bond donors (Lipinski definition) is 1. The van der Waals surface area contributed by atoms with Crippen molar-refractivity contribution in [2.45, 2.75) is 20.0 Å². The van der Waals surface area contributed by atoms with Gasteiger partial charge in [-0.1, -0.05) is 0 Å². The van der Waals surface area contributed by atoms with E-state index < -0.39 is 0 Å². The van der Waals surface area contributed by atoms with Gasteiger partial charge in [-0.3, -0.25) is 19.0 Å². The van der Waals surface area contributed by atoms with Crippen LogP contribution in [0.5, 0.6) is 5.75 Å². The highest BCUT2D eigenvalue weighted by molar-refractivity contribution is 5.75. The van der Waals surface area contributed by atoms with E-state index in [4.69, 9.17) is 4.74 Å². The van der Waals surface area contributed by atoms with Gasteiger partial charge in [0.15, 0.2) is 0 Å². The zero-order chi connectivity index (χ0) is 20.6. The standard InChI is InChI=1S/C20H21N5O4/c1-2-29-16-7-5-15(6-8-16)17-12-20(28)24(14-22-17)13-18(26)21-10-11-25-19(27)4-3-9-23-25/h3-9,12,14H,2,10-11,13H2,1H3,(H,21,26). The van der Waals surface area contributed by atoms with Gasteiger partial charge in [-0.2, -0.15) is 5.10 Å². The van der Waals surface area contributed by atoms with E-state index >= 15 is 0 Å². The Kier molecular flexibility index (Phi) is 6.51. The number of amides is 1. The van der Waals surface area contributed by atoms with Gasteiger partial charge in [0.2, 0.25) is 5.91 Å². The lowest BCUT2D eigenvalue weighted by molar-refractivity contribution is -0.121. The molecule has 0 bridgehead atoms. The fourth-order valence-corrected chi connectivity index (χ4v) is 2.66. The molecule has 1 aromatic carbocycles. The van der Waals surface area contributed by atoms with E-state index in [1.165, 1.54) is 33.9 Å². The summed E-state index contributed by atoms with van der Waals surface area (Å²) < 4.78 is 7.87. The SMILES string of the molecule is CCOc1ccc(-c2cc(=O)n(CC(=O)NCCn3ncccc3=O)cn2)cc1.